The summed E-state index contributed by atoms with van der Waals surface area (Å²) >= 11 is 1.45. The van der Waals surface area contributed by atoms with Crippen LogP contribution in [0.5, 0.6) is 0 Å². The number of carbonyl (C=O) groups is 1. The maximum absolute atomic E-state index is 11.9. The van der Waals surface area contributed by atoms with E-state index < -0.39 is 0 Å². The average molecular weight is 331 g/mol. The first kappa shape index (κ1) is 15.9. The minimum atomic E-state index is -0.362. The highest BCUT2D eigenvalue weighted by molar-refractivity contribution is 7.09. The van der Waals surface area contributed by atoms with Gasteiger partial charge in [-0.2, -0.15) is 4.37 Å². The van der Waals surface area contributed by atoms with Gasteiger partial charge in [0.05, 0.1) is 0 Å². The molecule has 3 rings (SSSR count). The molecule has 1 aliphatic heterocycles. The van der Waals surface area contributed by atoms with Crippen LogP contribution < -0.4 is 10.6 Å². The van der Waals surface area contributed by atoms with Gasteiger partial charge in [-0.05, 0) is 5.56 Å². The molecule has 0 spiro atoms. The van der Waals surface area contributed by atoms with Gasteiger partial charge in [0.15, 0.2) is 0 Å². The molecule has 1 aliphatic rings. The smallest absolute Gasteiger partial charge is 0.239 e. The second-order valence-corrected chi connectivity index (χ2v) is 6.32. The number of rotatable bonds is 5. The minimum absolute atomic E-state index is 0.297. The molecule has 0 aliphatic carbocycles. The first-order valence-corrected chi connectivity index (χ1v) is 8.62. The number of anilines is 1. The molecule has 1 aromatic carbocycles. The monoisotopic (exact) mass is 331 g/mol. The van der Waals surface area contributed by atoms with Crippen LogP contribution >= 0.6 is 11.5 Å². The summed E-state index contributed by atoms with van der Waals surface area (Å²) in [7, 11) is 0. The number of benzene rings is 1. The van der Waals surface area contributed by atoms with Gasteiger partial charge >= 0.3 is 0 Å². The molecule has 0 radical (unpaired) electrons. The molecule has 23 heavy (non-hydrogen) atoms. The van der Waals surface area contributed by atoms with Crippen molar-refractivity contribution in [3.05, 3.63) is 41.7 Å². The van der Waals surface area contributed by atoms with Crippen LogP contribution in [0.15, 0.2) is 30.3 Å². The Kier molecular flexibility index (Phi) is 4.88. The first-order valence-electron chi connectivity index (χ1n) is 7.85. The Bertz CT molecular complexity index is 652. The number of carbonyl (C=O) groups excluding carboxylic acids is 1. The fraction of sp³-hybridized carbons (Fsp3) is 0.438. The van der Waals surface area contributed by atoms with Crippen LogP contribution in [0.25, 0.3) is 0 Å². The van der Waals surface area contributed by atoms with Crippen molar-refractivity contribution in [2.24, 2.45) is 5.73 Å². The highest BCUT2D eigenvalue weighted by Gasteiger charge is 2.29. The van der Waals surface area contributed by atoms with Crippen molar-refractivity contribution >= 4 is 22.6 Å². The van der Waals surface area contributed by atoms with Crippen LogP contribution in [0.2, 0.25) is 0 Å². The van der Waals surface area contributed by atoms with Crippen molar-refractivity contribution in [1.29, 1.82) is 0 Å². The Morgan fingerprint density at radius 3 is 2.52 bits per heavy atom. The maximum Gasteiger partial charge on any atom is 0.239 e. The number of nitrogens with zero attached hydrogens (tertiary/aromatic N) is 4. The van der Waals surface area contributed by atoms with E-state index in [-0.39, 0.29) is 11.9 Å². The van der Waals surface area contributed by atoms with Crippen molar-refractivity contribution in [3.63, 3.8) is 0 Å². The molecular formula is C16H21N5OS. The lowest BCUT2D eigenvalue weighted by Crippen LogP contribution is -2.50. The summed E-state index contributed by atoms with van der Waals surface area (Å²) in [6.45, 7) is 5.28. The van der Waals surface area contributed by atoms with Crippen LogP contribution in [0.1, 0.15) is 24.4 Å². The van der Waals surface area contributed by atoms with Gasteiger partial charge in [-0.25, -0.2) is 4.98 Å². The largest absolute Gasteiger partial charge is 0.368 e. The molecule has 0 bridgehead atoms. The molecule has 1 unspecified atom stereocenters. The summed E-state index contributed by atoms with van der Waals surface area (Å²) in [4.78, 5) is 20.9. The van der Waals surface area contributed by atoms with Gasteiger partial charge in [0.1, 0.15) is 11.9 Å². The van der Waals surface area contributed by atoms with Crippen LogP contribution in [0, 0.1) is 0 Å². The van der Waals surface area contributed by atoms with E-state index in [1.165, 1.54) is 11.5 Å². The summed E-state index contributed by atoms with van der Waals surface area (Å²) < 4.78 is 4.34. The Hall–Kier alpha value is -1.99. The number of hydrogen-bond acceptors (Lipinski definition) is 6. The molecule has 1 amide bonds. The van der Waals surface area contributed by atoms with Gasteiger partial charge in [-0.1, -0.05) is 37.3 Å². The van der Waals surface area contributed by atoms with Crippen LogP contribution in [0.4, 0.5) is 5.13 Å². The van der Waals surface area contributed by atoms with E-state index in [1.54, 1.807) is 0 Å². The summed E-state index contributed by atoms with van der Waals surface area (Å²) in [5, 5.41) is 0.969. The number of piperazine rings is 1. The fourth-order valence-corrected chi connectivity index (χ4v) is 3.68. The van der Waals surface area contributed by atoms with Crippen molar-refractivity contribution in [2.45, 2.75) is 19.4 Å². The summed E-state index contributed by atoms with van der Waals surface area (Å²) in [6, 6.07) is 9.38. The van der Waals surface area contributed by atoms with Crippen LogP contribution in [-0.2, 0) is 11.2 Å². The third kappa shape index (κ3) is 3.51. The van der Waals surface area contributed by atoms with Gasteiger partial charge in [0.25, 0.3) is 0 Å². The van der Waals surface area contributed by atoms with Crippen LogP contribution in [0.3, 0.4) is 0 Å². The Morgan fingerprint density at radius 2 is 1.96 bits per heavy atom. The van der Waals surface area contributed by atoms with Crippen molar-refractivity contribution in [2.75, 3.05) is 31.1 Å². The second-order valence-electron chi connectivity index (χ2n) is 5.59. The predicted molar refractivity (Wildman–Crippen MR) is 91.5 cm³/mol. The van der Waals surface area contributed by atoms with Gasteiger partial charge in [-0.15, -0.1) is 0 Å². The highest BCUT2D eigenvalue weighted by Crippen LogP contribution is 2.25. The van der Waals surface area contributed by atoms with Crippen molar-refractivity contribution < 1.29 is 4.79 Å². The van der Waals surface area contributed by atoms with E-state index in [0.717, 1.165) is 49.1 Å². The number of hydrogen-bond donors (Lipinski definition) is 1. The van der Waals surface area contributed by atoms with Gasteiger partial charge in [-0.3, -0.25) is 9.69 Å². The normalized spacial score (nSPS) is 17.2. The Labute approximate surface area is 140 Å². The number of aromatic nitrogens is 2. The molecule has 2 aromatic rings. The van der Waals surface area contributed by atoms with E-state index >= 15 is 0 Å². The van der Waals surface area contributed by atoms with Gasteiger partial charge in [0, 0.05) is 44.1 Å². The number of nitrogens with two attached hydrogens (primary N) is 1. The SMILES string of the molecule is CCc1nsc(N2CCN(C(C(N)=O)c3ccccc3)CC2)n1. The number of primary amides is 1. The lowest BCUT2D eigenvalue weighted by molar-refractivity contribution is -0.123. The van der Waals surface area contributed by atoms with Gasteiger partial charge in [0.2, 0.25) is 11.0 Å². The molecule has 1 fully saturated rings. The second kappa shape index (κ2) is 7.06. The molecule has 122 valence electrons. The molecule has 7 heteroatoms. The number of amides is 1. The minimum Gasteiger partial charge on any atom is -0.368 e. The predicted octanol–water partition coefficient (Wildman–Crippen LogP) is 1.45. The van der Waals surface area contributed by atoms with E-state index in [1.807, 2.05) is 30.3 Å². The topological polar surface area (TPSA) is 75.3 Å². The molecule has 2 heterocycles. The lowest BCUT2D eigenvalue weighted by Gasteiger charge is -2.38. The first-order chi connectivity index (χ1) is 11.2. The van der Waals surface area contributed by atoms with Crippen LogP contribution in [-0.4, -0.2) is 46.3 Å². The van der Waals surface area contributed by atoms with E-state index in [9.17, 15) is 4.79 Å². The fourth-order valence-electron chi connectivity index (χ4n) is 2.88. The molecule has 6 nitrogen and oxygen atoms in total. The van der Waals surface area contributed by atoms with Crippen molar-refractivity contribution in [3.8, 4) is 0 Å². The quantitative estimate of drug-likeness (QED) is 0.897. The summed E-state index contributed by atoms with van der Waals surface area (Å²) in [6.07, 6.45) is 0.855. The highest BCUT2D eigenvalue weighted by atomic mass is 32.1. The van der Waals surface area contributed by atoms with E-state index in [0.29, 0.717) is 0 Å². The van der Waals surface area contributed by atoms with E-state index in [4.69, 9.17) is 5.73 Å². The van der Waals surface area contributed by atoms with Crippen molar-refractivity contribution in [1.82, 2.24) is 14.3 Å². The lowest BCUT2D eigenvalue weighted by atomic mass is 10.0. The molecular weight excluding hydrogens is 310 g/mol. The standard InChI is InChI=1S/C16H21N5OS/c1-2-13-18-16(23-19-13)21-10-8-20(9-11-21)14(15(17)22)12-6-4-3-5-7-12/h3-7,14H,2,8-11H2,1H3,(H2,17,22). The van der Waals surface area contributed by atoms with Gasteiger partial charge < -0.3 is 10.6 Å². The average Bonchev–Trinajstić information content (AvgIpc) is 3.05. The Morgan fingerprint density at radius 1 is 1.26 bits per heavy atom. The third-order valence-corrected chi connectivity index (χ3v) is 4.92. The number of aryl methyl sites for hydroxylation is 1. The molecule has 0 saturated carbocycles. The summed E-state index contributed by atoms with van der Waals surface area (Å²) in [5.74, 6) is 0.598. The zero-order chi connectivity index (χ0) is 16.2. The molecule has 1 aromatic heterocycles. The maximum atomic E-state index is 11.9. The van der Waals surface area contributed by atoms with E-state index in [2.05, 4.69) is 26.1 Å². The zero-order valence-electron chi connectivity index (χ0n) is 13.2. The molecule has 1 saturated heterocycles. The molecule has 1 atom stereocenters. The zero-order valence-corrected chi connectivity index (χ0v) is 14.0. The molecule has 2 N–H and O–H groups in total. The summed E-state index contributed by atoms with van der Waals surface area (Å²) in [5.41, 5.74) is 6.61. The third-order valence-electron chi connectivity index (χ3n) is 4.11. The Balaban J connectivity index is 1.68.